The fourth-order valence-electron chi connectivity index (χ4n) is 0.373. The largest absolute Gasteiger partial charge is 0.396 e. The standard InChI is InChI=1S/C5H11O4/c6-2-1-5(8)9-4-3-7/h5-7H,1-4H2. The van der Waals surface area contributed by atoms with E-state index in [0.717, 1.165) is 0 Å². The highest BCUT2D eigenvalue weighted by atomic mass is 16.6. The van der Waals surface area contributed by atoms with Crippen molar-refractivity contribution < 1.29 is 20.1 Å². The summed E-state index contributed by atoms with van der Waals surface area (Å²) in [6.07, 6.45) is -1.11. The number of hydrogen-bond donors (Lipinski definition) is 2. The van der Waals surface area contributed by atoms with E-state index in [2.05, 4.69) is 4.74 Å². The molecule has 0 spiro atoms. The van der Waals surface area contributed by atoms with Crippen molar-refractivity contribution in [1.29, 1.82) is 0 Å². The van der Waals surface area contributed by atoms with Gasteiger partial charge in [0.2, 0.25) is 0 Å². The number of aliphatic hydroxyl groups excluding tert-OH is 2. The molecule has 0 rings (SSSR count). The van der Waals surface area contributed by atoms with E-state index in [-0.39, 0.29) is 26.2 Å². The summed E-state index contributed by atoms with van der Waals surface area (Å²) in [4.78, 5) is 0. The molecule has 9 heavy (non-hydrogen) atoms. The maximum Gasteiger partial charge on any atom is 0.193 e. The van der Waals surface area contributed by atoms with Gasteiger partial charge in [0.1, 0.15) is 0 Å². The molecule has 0 bridgehead atoms. The Hall–Kier alpha value is -0.160. The van der Waals surface area contributed by atoms with E-state index in [1.54, 1.807) is 0 Å². The summed E-state index contributed by atoms with van der Waals surface area (Å²) in [5.41, 5.74) is 0. The molecule has 0 saturated carbocycles. The predicted octanol–water partition coefficient (Wildman–Crippen LogP) is -0.866. The van der Waals surface area contributed by atoms with Crippen molar-refractivity contribution in [3.05, 3.63) is 0 Å². The van der Waals surface area contributed by atoms with Crippen LogP contribution < -0.4 is 0 Å². The molecule has 2 N–H and O–H groups in total. The number of hydrogen-bond acceptors (Lipinski definition) is 3. The Morgan fingerprint density at radius 3 is 2.44 bits per heavy atom. The molecule has 4 heteroatoms. The molecular weight excluding hydrogens is 124 g/mol. The first kappa shape index (κ1) is 8.84. The molecule has 0 aromatic rings. The molecule has 0 aliphatic heterocycles. The van der Waals surface area contributed by atoms with Gasteiger partial charge in [0.15, 0.2) is 6.29 Å². The molecule has 1 atom stereocenters. The smallest absolute Gasteiger partial charge is 0.193 e. The quantitative estimate of drug-likeness (QED) is 0.481. The Labute approximate surface area is 53.7 Å². The summed E-state index contributed by atoms with van der Waals surface area (Å²) in [7, 11) is 0. The van der Waals surface area contributed by atoms with E-state index in [4.69, 9.17) is 10.2 Å². The molecule has 0 saturated heterocycles. The third-order valence-corrected chi connectivity index (χ3v) is 0.760. The van der Waals surface area contributed by atoms with Crippen LogP contribution in [-0.4, -0.2) is 36.3 Å². The van der Waals surface area contributed by atoms with Gasteiger partial charge in [0, 0.05) is 13.0 Å². The molecule has 0 heterocycles. The Morgan fingerprint density at radius 2 is 2.00 bits per heavy atom. The Morgan fingerprint density at radius 1 is 1.33 bits per heavy atom. The van der Waals surface area contributed by atoms with Crippen molar-refractivity contribution in [3.8, 4) is 0 Å². The Bertz CT molecular complexity index is 56.9. The second kappa shape index (κ2) is 5.97. The minimum Gasteiger partial charge on any atom is -0.396 e. The monoisotopic (exact) mass is 135 g/mol. The normalized spacial score (nSPS) is 13.7. The molecule has 1 unspecified atom stereocenters. The maximum absolute atomic E-state index is 10.4. The summed E-state index contributed by atoms with van der Waals surface area (Å²) in [6, 6.07) is 0. The minimum atomic E-state index is -1.19. The van der Waals surface area contributed by atoms with E-state index in [1.165, 1.54) is 0 Å². The predicted molar refractivity (Wildman–Crippen MR) is 29.2 cm³/mol. The zero-order valence-corrected chi connectivity index (χ0v) is 5.12. The van der Waals surface area contributed by atoms with Gasteiger partial charge in [-0.05, 0) is 0 Å². The summed E-state index contributed by atoms with van der Waals surface area (Å²) < 4.78 is 4.47. The van der Waals surface area contributed by atoms with Crippen molar-refractivity contribution in [2.45, 2.75) is 12.7 Å². The lowest BCUT2D eigenvalue weighted by molar-refractivity contribution is -0.152. The van der Waals surface area contributed by atoms with Crippen LogP contribution in [0.4, 0.5) is 0 Å². The van der Waals surface area contributed by atoms with Crippen LogP contribution in [0.5, 0.6) is 0 Å². The van der Waals surface area contributed by atoms with Crippen molar-refractivity contribution in [1.82, 2.24) is 0 Å². The zero-order chi connectivity index (χ0) is 7.11. The van der Waals surface area contributed by atoms with Crippen LogP contribution >= 0.6 is 0 Å². The SMILES string of the molecule is [O]C(CCO)OCCO. The van der Waals surface area contributed by atoms with Gasteiger partial charge in [0.25, 0.3) is 0 Å². The average molecular weight is 135 g/mol. The third-order valence-electron chi connectivity index (χ3n) is 0.760. The molecule has 0 aromatic heterocycles. The highest BCUT2D eigenvalue weighted by molar-refractivity contribution is 4.37. The van der Waals surface area contributed by atoms with Crippen LogP contribution in [0, 0.1) is 0 Å². The molecule has 0 fully saturated rings. The molecule has 1 radical (unpaired) electrons. The number of rotatable bonds is 5. The van der Waals surface area contributed by atoms with Gasteiger partial charge in [-0.3, -0.25) is 0 Å². The van der Waals surface area contributed by atoms with Gasteiger partial charge in [-0.1, -0.05) is 0 Å². The highest BCUT2D eigenvalue weighted by Gasteiger charge is 2.02. The van der Waals surface area contributed by atoms with Gasteiger partial charge in [0.05, 0.1) is 13.2 Å². The van der Waals surface area contributed by atoms with Crippen LogP contribution in [-0.2, 0) is 9.84 Å². The van der Waals surface area contributed by atoms with Crippen LogP contribution in [0.1, 0.15) is 6.42 Å². The van der Waals surface area contributed by atoms with Crippen LogP contribution in [0.25, 0.3) is 0 Å². The Kier molecular flexibility index (Phi) is 5.86. The van der Waals surface area contributed by atoms with Gasteiger partial charge >= 0.3 is 0 Å². The first-order valence-electron chi connectivity index (χ1n) is 2.80. The van der Waals surface area contributed by atoms with E-state index < -0.39 is 6.29 Å². The van der Waals surface area contributed by atoms with Crippen LogP contribution in [0.3, 0.4) is 0 Å². The number of ether oxygens (including phenoxy) is 1. The zero-order valence-electron chi connectivity index (χ0n) is 5.12. The average Bonchev–Trinajstić information content (AvgIpc) is 1.85. The van der Waals surface area contributed by atoms with Crippen molar-refractivity contribution in [2.24, 2.45) is 0 Å². The first-order valence-corrected chi connectivity index (χ1v) is 2.80. The van der Waals surface area contributed by atoms with Crippen LogP contribution in [0.2, 0.25) is 0 Å². The fourth-order valence-corrected chi connectivity index (χ4v) is 0.373. The molecule has 0 aliphatic rings. The van der Waals surface area contributed by atoms with Crippen molar-refractivity contribution in [3.63, 3.8) is 0 Å². The molecule has 0 amide bonds. The van der Waals surface area contributed by atoms with Gasteiger partial charge in [-0.25, -0.2) is 5.11 Å². The maximum atomic E-state index is 10.4. The highest BCUT2D eigenvalue weighted by Crippen LogP contribution is 1.91. The van der Waals surface area contributed by atoms with E-state index in [1.807, 2.05) is 0 Å². The summed E-state index contributed by atoms with van der Waals surface area (Å²) in [6.45, 7) is -0.266. The molecule has 0 aliphatic carbocycles. The molecule has 0 aromatic carbocycles. The lowest BCUT2D eigenvalue weighted by Crippen LogP contribution is -2.14. The lowest BCUT2D eigenvalue weighted by atomic mass is 10.4. The molecule has 55 valence electrons. The Balaban J connectivity index is 2.95. The third kappa shape index (κ3) is 5.72. The summed E-state index contributed by atoms with van der Waals surface area (Å²) in [5.74, 6) is 0. The fraction of sp³-hybridized carbons (Fsp3) is 1.00. The molecule has 4 nitrogen and oxygen atoms in total. The topological polar surface area (TPSA) is 69.6 Å². The number of aliphatic hydroxyl groups is 2. The van der Waals surface area contributed by atoms with Gasteiger partial charge in [-0.2, -0.15) is 0 Å². The minimum absolute atomic E-state index is 0.0498. The van der Waals surface area contributed by atoms with E-state index >= 15 is 0 Å². The van der Waals surface area contributed by atoms with Gasteiger partial charge < -0.3 is 14.9 Å². The summed E-state index contributed by atoms with van der Waals surface area (Å²) >= 11 is 0. The van der Waals surface area contributed by atoms with E-state index in [0.29, 0.717) is 0 Å². The molecular formula is C5H11O4. The van der Waals surface area contributed by atoms with Crippen molar-refractivity contribution in [2.75, 3.05) is 19.8 Å². The second-order valence-electron chi connectivity index (χ2n) is 1.54. The first-order chi connectivity index (χ1) is 4.31. The second-order valence-corrected chi connectivity index (χ2v) is 1.54. The lowest BCUT2D eigenvalue weighted by Gasteiger charge is -2.05. The van der Waals surface area contributed by atoms with Crippen molar-refractivity contribution >= 4 is 0 Å². The summed E-state index contributed by atoms with van der Waals surface area (Å²) in [5, 5.41) is 26.7. The van der Waals surface area contributed by atoms with E-state index in [9.17, 15) is 5.11 Å². The van der Waals surface area contributed by atoms with Crippen LogP contribution in [0.15, 0.2) is 0 Å². The van der Waals surface area contributed by atoms with Gasteiger partial charge in [-0.15, -0.1) is 0 Å².